The Morgan fingerprint density at radius 1 is 0.696 bits per heavy atom. The summed E-state index contributed by atoms with van der Waals surface area (Å²) in [5.74, 6) is 0. The first-order valence-electron chi connectivity index (χ1n) is 8.61. The summed E-state index contributed by atoms with van der Waals surface area (Å²) in [5, 5.41) is 22.5. The Bertz CT molecular complexity index is 517. The lowest BCUT2D eigenvalue weighted by atomic mass is 10.2. The van der Waals surface area contributed by atoms with E-state index in [0.29, 0.717) is 0 Å². The van der Waals surface area contributed by atoms with E-state index in [-0.39, 0.29) is 0 Å². The van der Waals surface area contributed by atoms with E-state index in [1.165, 1.54) is 0 Å². The summed E-state index contributed by atoms with van der Waals surface area (Å²) >= 11 is 0. The average molecular weight is 329 g/mol. The van der Waals surface area contributed by atoms with E-state index in [1.807, 2.05) is 60.7 Å². The lowest BCUT2D eigenvalue weighted by Gasteiger charge is -2.40. The van der Waals surface area contributed by atoms with Gasteiger partial charge in [0.2, 0.25) is 0 Å². The van der Waals surface area contributed by atoms with Gasteiger partial charge in [-0.2, -0.15) is 0 Å². The monoisotopic (exact) mass is 328 g/mol. The van der Waals surface area contributed by atoms with Gasteiger partial charge in [0, 0.05) is 0 Å². The van der Waals surface area contributed by atoms with Crippen LogP contribution in [0.15, 0.2) is 60.7 Å². The molecule has 2 atom stereocenters. The van der Waals surface area contributed by atoms with Crippen LogP contribution in [0.25, 0.3) is 0 Å². The van der Waals surface area contributed by atoms with Crippen molar-refractivity contribution in [3.63, 3.8) is 0 Å². The van der Waals surface area contributed by atoms with Gasteiger partial charge >= 0.3 is 0 Å². The second kappa shape index (κ2) is 8.43. The standard InChI is InChI=1S/C20H28O2Si/c1-3-15-23(16-4-2,19(21)17-11-7-5-8-12-17)20(22)18-13-9-6-10-14-18/h5-14,19-22H,3-4,15-16H2,1-2H3. The highest BCUT2D eigenvalue weighted by atomic mass is 28.3. The van der Waals surface area contributed by atoms with Crippen LogP contribution in [-0.2, 0) is 0 Å². The first-order valence-corrected chi connectivity index (χ1v) is 11.2. The largest absolute Gasteiger partial charge is 0.392 e. The summed E-state index contributed by atoms with van der Waals surface area (Å²) in [5.41, 5.74) is 0.796. The number of rotatable bonds is 8. The minimum Gasteiger partial charge on any atom is -0.392 e. The third-order valence-electron chi connectivity index (χ3n) is 4.75. The van der Waals surface area contributed by atoms with Crippen molar-refractivity contribution in [1.82, 2.24) is 0 Å². The summed E-state index contributed by atoms with van der Waals surface area (Å²) in [4.78, 5) is 0. The molecule has 2 unspecified atom stereocenters. The fourth-order valence-electron chi connectivity index (χ4n) is 3.69. The van der Waals surface area contributed by atoms with Crippen molar-refractivity contribution in [3.05, 3.63) is 71.8 Å². The first kappa shape index (κ1) is 17.9. The molecule has 23 heavy (non-hydrogen) atoms. The summed E-state index contributed by atoms with van der Waals surface area (Å²) in [7, 11) is -2.37. The summed E-state index contributed by atoms with van der Waals surface area (Å²) in [6, 6.07) is 21.6. The number of hydrogen-bond donors (Lipinski definition) is 2. The average Bonchev–Trinajstić information content (AvgIpc) is 2.61. The van der Waals surface area contributed by atoms with E-state index in [1.54, 1.807) is 0 Å². The quantitative estimate of drug-likeness (QED) is 0.683. The molecule has 0 heterocycles. The molecule has 2 aromatic rings. The van der Waals surface area contributed by atoms with Crippen LogP contribution >= 0.6 is 0 Å². The van der Waals surface area contributed by atoms with Crippen LogP contribution < -0.4 is 0 Å². The zero-order valence-electron chi connectivity index (χ0n) is 14.2. The Labute approximate surface area is 140 Å². The number of aliphatic hydroxyl groups excluding tert-OH is 2. The van der Waals surface area contributed by atoms with Crippen LogP contribution in [0.4, 0.5) is 0 Å². The van der Waals surface area contributed by atoms with Gasteiger partial charge in [-0.3, -0.25) is 0 Å². The van der Waals surface area contributed by atoms with Crippen molar-refractivity contribution in [2.75, 3.05) is 0 Å². The maximum atomic E-state index is 11.2. The van der Waals surface area contributed by atoms with Gasteiger partial charge in [0.05, 0.1) is 11.5 Å². The van der Waals surface area contributed by atoms with Gasteiger partial charge in [-0.15, -0.1) is 0 Å². The smallest absolute Gasteiger partial charge is 0.131 e. The van der Waals surface area contributed by atoms with Crippen molar-refractivity contribution in [2.45, 2.75) is 50.2 Å². The van der Waals surface area contributed by atoms with Crippen LogP contribution in [-0.4, -0.2) is 18.3 Å². The van der Waals surface area contributed by atoms with Crippen LogP contribution in [0.5, 0.6) is 0 Å². The highest BCUT2D eigenvalue weighted by Crippen LogP contribution is 2.42. The minimum atomic E-state index is -2.37. The molecule has 0 saturated heterocycles. The van der Waals surface area contributed by atoms with Crippen molar-refractivity contribution in [2.24, 2.45) is 0 Å². The Kier molecular flexibility index (Phi) is 6.57. The van der Waals surface area contributed by atoms with Gasteiger partial charge in [-0.1, -0.05) is 99.4 Å². The van der Waals surface area contributed by atoms with E-state index < -0.39 is 19.5 Å². The van der Waals surface area contributed by atoms with Crippen molar-refractivity contribution >= 4 is 8.07 Å². The van der Waals surface area contributed by atoms with E-state index in [4.69, 9.17) is 0 Å². The lowest BCUT2D eigenvalue weighted by molar-refractivity contribution is 0.197. The SMILES string of the molecule is CCC[Si](CCC)(C(O)c1ccccc1)C(O)c1ccccc1. The normalized spacial score (nSPS) is 14.4. The molecule has 0 radical (unpaired) electrons. The molecule has 2 aromatic carbocycles. The fourth-order valence-corrected chi connectivity index (χ4v) is 8.90. The zero-order chi connectivity index (χ0) is 16.7. The molecule has 0 aliphatic rings. The van der Waals surface area contributed by atoms with Crippen LogP contribution in [0.2, 0.25) is 12.1 Å². The zero-order valence-corrected chi connectivity index (χ0v) is 15.2. The molecule has 0 amide bonds. The Balaban J connectivity index is 2.46. The molecule has 3 heteroatoms. The molecule has 0 aliphatic carbocycles. The van der Waals surface area contributed by atoms with Crippen molar-refractivity contribution in [1.29, 1.82) is 0 Å². The predicted molar refractivity (Wildman–Crippen MR) is 98.8 cm³/mol. The molecule has 0 aliphatic heterocycles. The molecule has 0 fully saturated rings. The number of benzene rings is 2. The van der Waals surface area contributed by atoms with Crippen LogP contribution in [0, 0.1) is 0 Å². The summed E-state index contributed by atoms with van der Waals surface area (Å²) < 4.78 is 0. The molecule has 2 rings (SSSR count). The molecule has 0 aromatic heterocycles. The Hall–Kier alpha value is -1.42. The van der Waals surface area contributed by atoms with E-state index in [9.17, 15) is 10.2 Å². The Morgan fingerprint density at radius 3 is 1.35 bits per heavy atom. The minimum absolute atomic E-state index is 0.543. The second-order valence-electron chi connectivity index (χ2n) is 6.36. The van der Waals surface area contributed by atoms with Crippen molar-refractivity contribution in [3.8, 4) is 0 Å². The molecular weight excluding hydrogens is 300 g/mol. The summed E-state index contributed by atoms with van der Waals surface area (Å²) in [6.07, 6.45) is 1.97. The van der Waals surface area contributed by atoms with Crippen LogP contribution in [0.3, 0.4) is 0 Å². The molecule has 124 valence electrons. The van der Waals surface area contributed by atoms with Crippen LogP contribution in [0.1, 0.15) is 49.3 Å². The van der Waals surface area contributed by atoms with Gasteiger partial charge in [-0.25, -0.2) is 0 Å². The van der Waals surface area contributed by atoms with Gasteiger partial charge < -0.3 is 10.2 Å². The molecule has 2 N–H and O–H groups in total. The fraction of sp³-hybridized carbons (Fsp3) is 0.400. The number of hydrogen-bond acceptors (Lipinski definition) is 2. The Morgan fingerprint density at radius 2 is 1.04 bits per heavy atom. The maximum Gasteiger partial charge on any atom is 0.131 e. The molecule has 0 saturated carbocycles. The molecular formula is C20H28O2Si. The third kappa shape index (κ3) is 3.92. The number of aliphatic hydroxyl groups is 2. The van der Waals surface area contributed by atoms with Gasteiger partial charge in [0.15, 0.2) is 0 Å². The van der Waals surface area contributed by atoms with E-state index in [2.05, 4.69) is 13.8 Å². The van der Waals surface area contributed by atoms with Gasteiger partial charge in [-0.05, 0) is 11.1 Å². The second-order valence-corrected chi connectivity index (χ2v) is 10.9. The topological polar surface area (TPSA) is 40.5 Å². The highest BCUT2D eigenvalue weighted by molar-refractivity contribution is 6.81. The third-order valence-corrected chi connectivity index (χ3v) is 10.5. The molecule has 0 bridgehead atoms. The maximum absolute atomic E-state index is 11.2. The summed E-state index contributed by atoms with van der Waals surface area (Å²) in [6.45, 7) is 4.29. The van der Waals surface area contributed by atoms with E-state index in [0.717, 1.165) is 36.1 Å². The predicted octanol–water partition coefficient (Wildman–Crippen LogP) is 4.80. The van der Waals surface area contributed by atoms with Gasteiger partial charge in [0.1, 0.15) is 8.07 Å². The van der Waals surface area contributed by atoms with E-state index >= 15 is 0 Å². The lowest BCUT2D eigenvalue weighted by Crippen LogP contribution is -2.48. The van der Waals surface area contributed by atoms with Crippen molar-refractivity contribution < 1.29 is 10.2 Å². The molecule has 0 spiro atoms. The molecule has 2 nitrogen and oxygen atoms in total. The van der Waals surface area contributed by atoms with Gasteiger partial charge in [0.25, 0.3) is 0 Å². The first-order chi connectivity index (χ1) is 11.2. The highest BCUT2D eigenvalue weighted by Gasteiger charge is 2.46.